The molecule has 1 aromatic heterocycles. The average molecular weight is 295 g/mol. The standard InChI is InChI=1S/C18H21N3O/c22-18-15-12-21(14-8-4-5-9-14)11-10-16(15)19-17(20-18)13-6-2-1-3-7-13/h1-3,6-7,14H,4-5,8-12H2,(H,19,20,22). The second kappa shape index (κ2) is 5.69. The van der Waals surface area contributed by atoms with Gasteiger partial charge in [0.25, 0.3) is 5.56 Å². The topological polar surface area (TPSA) is 49.0 Å². The van der Waals surface area contributed by atoms with Gasteiger partial charge in [0.05, 0.1) is 11.3 Å². The highest BCUT2D eigenvalue weighted by Gasteiger charge is 2.28. The number of fused-ring (bicyclic) bond motifs is 1. The number of rotatable bonds is 2. The van der Waals surface area contributed by atoms with Crippen molar-refractivity contribution in [3.8, 4) is 11.4 Å². The lowest BCUT2D eigenvalue weighted by atomic mass is 10.0. The normalized spacial score (nSPS) is 19.3. The Balaban J connectivity index is 1.65. The lowest BCUT2D eigenvalue weighted by Crippen LogP contribution is -2.41. The van der Waals surface area contributed by atoms with Crippen molar-refractivity contribution in [2.45, 2.75) is 44.7 Å². The minimum absolute atomic E-state index is 0.0338. The third-order valence-electron chi connectivity index (χ3n) is 4.99. The molecule has 0 atom stereocenters. The molecule has 0 radical (unpaired) electrons. The van der Waals surface area contributed by atoms with Gasteiger partial charge in [0.2, 0.25) is 0 Å². The predicted octanol–water partition coefficient (Wildman–Crippen LogP) is 2.74. The summed E-state index contributed by atoms with van der Waals surface area (Å²) in [6.45, 7) is 1.79. The van der Waals surface area contributed by atoms with E-state index in [4.69, 9.17) is 4.98 Å². The van der Waals surface area contributed by atoms with E-state index in [1.807, 2.05) is 30.3 Å². The molecule has 4 rings (SSSR count). The van der Waals surface area contributed by atoms with Crippen molar-refractivity contribution in [1.82, 2.24) is 14.9 Å². The Morgan fingerprint density at radius 3 is 2.68 bits per heavy atom. The summed E-state index contributed by atoms with van der Waals surface area (Å²) < 4.78 is 0. The summed E-state index contributed by atoms with van der Waals surface area (Å²) in [6, 6.07) is 10.5. The highest BCUT2D eigenvalue weighted by Crippen LogP contribution is 2.27. The Morgan fingerprint density at radius 2 is 1.91 bits per heavy atom. The van der Waals surface area contributed by atoms with Crippen LogP contribution in [0.3, 0.4) is 0 Å². The smallest absolute Gasteiger partial charge is 0.255 e. The number of nitrogens with one attached hydrogen (secondary N) is 1. The lowest BCUT2D eigenvalue weighted by molar-refractivity contribution is 0.178. The Morgan fingerprint density at radius 1 is 1.14 bits per heavy atom. The van der Waals surface area contributed by atoms with Crippen LogP contribution in [0.4, 0.5) is 0 Å². The van der Waals surface area contributed by atoms with E-state index < -0.39 is 0 Å². The van der Waals surface area contributed by atoms with Crippen molar-refractivity contribution in [3.05, 3.63) is 51.9 Å². The molecule has 0 bridgehead atoms. The first-order valence-corrected chi connectivity index (χ1v) is 8.23. The maximum Gasteiger partial charge on any atom is 0.255 e. The number of nitrogens with zero attached hydrogens (tertiary/aromatic N) is 2. The summed E-state index contributed by atoms with van der Waals surface area (Å²) in [7, 11) is 0. The van der Waals surface area contributed by atoms with Gasteiger partial charge in [-0.15, -0.1) is 0 Å². The highest BCUT2D eigenvalue weighted by atomic mass is 16.1. The second-order valence-corrected chi connectivity index (χ2v) is 6.36. The number of hydrogen-bond acceptors (Lipinski definition) is 3. The molecule has 1 fully saturated rings. The maximum atomic E-state index is 12.5. The maximum absolute atomic E-state index is 12.5. The molecule has 0 spiro atoms. The Labute approximate surface area is 130 Å². The summed E-state index contributed by atoms with van der Waals surface area (Å²) in [5.74, 6) is 0.693. The van der Waals surface area contributed by atoms with Gasteiger partial charge in [0, 0.05) is 31.1 Å². The van der Waals surface area contributed by atoms with Crippen LogP contribution in [0.25, 0.3) is 11.4 Å². The Hall–Kier alpha value is -1.94. The molecule has 1 saturated carbocycles. The predicted molar refractivity (Wildman–Crippen MR) is 86.7 cm³/mol. The van der Waals surface area contributed by atoms with E-state index in [0.29, 0.717) is 11.9 Å². The van der Waals surface area contributed by atoms with Gasteiger partial charge in [0.15, 0.2) is 0 Å². The van der Waals surface area contributed by atoms with E-state index in [9.17, 15) is 4.79 Å². The van der Waals surface area contributed by atoms with Crippen molar-refractivity contribution < 1.29 is 0 Å². The van der Waals surface area contributed by atoms with Gasteiger partial charge in [-0.1, -0.05) is 43.2 Å². The molecular weight excluding hydrogens is 274 g/mol. The molecule has 22 heavy (non-hydrogen) atoms. The zero-order valence-electron chi connectivity index (χ0n) is 12.7. The van der Waals surface area contributed by atoms with Crippen LogP contribution in [0.15, 0.2) is 35.1 Å². The number of aromatic nitrogens is 2. The van der Waals surface area contributed by atoms with Gasteiger partial charge in [-0.2, -0.15) is 0 Å². The molecule has 1 aliphatic heterocycles. The first kappa shape index (κ1) is 13.7. The minimum Gasteiger partial charge on any atom is -0.306 e. The number of aromatic amines is 1. The van der Waals surface area contributed by atoms with Gasteiger partial charge in [-0.3, -0.25) is 9.69 Å². The molecule has 4 heteroatoms. The quantitative estimate of drug-likeness (QED) is 0.927. The van der Waals surface area contributed by atoms with Gasteiger partial charge >= 0.3 is 0 Å². The monoisotopic (exact) mass is 295 g/mol. The number of benzene rings is 1. The summed E-state index contributed by atoms with van der Waals surface area (Å²) in [5.41, 5.74) is 2.86. The molecule has 0 unspecified atom stereocenters. The summed E-state index contributed by atoms with van der Waals surface area (Å²) in [6.07, 6.45) is 6.10. The third-order valence-corrected chi connectivity index (χ3v) is 4.99. The SMILES string of the molecule is O=c1[nH]c(-c2ccccc2)nc2c1CN(C1CCCC1)CC2. The molecule has 2 aromatic rings. The average Bonchev–Trinajstić information content (AvgIpc) is 3.10. The van der Waals surface area contributed by atoms with Crippen LogP contribution in [0.2, 0.25) is 0 Å². The van der Waals surface area contributed by atoms with Crippen molar-refractivity contribution in [2.75, 3.05) is 6.54 Å². The molecular formula is C18H21N3O. The van der Waals surface area contributed by atoms with Crippen molar-refractivity contribution in [3.63, 3.8) is 0 Å². The molecule has 1 aliphatic carbocycles. The molecule has 2 aliphatic rings. The van der Waals surface area contributed by atoms with Crippen LogP contribution in [0.1, 0.15) is 36.9 Å². The van der Waals surface area contributed by atoms with E-state index >= 15 is 0 Å². The molecule has 0 amide bonds. The zero-order chi connectivity index (χ0) is 14.9. The summed E-state index contributed by atoms with van der Waals surface area (Å²) in [5, 5.41) is 0. The van der Waals surface area contributed by atoms with Crippen molar-refractivity contribution in [2.24, 2.45) is 0 Å². The summed E-state index contributed by atoms with van der Waals surface area (Å²) in [4.78, 5) is 22.7. The summed E-state index contributed by atoms with van der Waals surface area (Å²) >= 11 is 0. The van der Waals surface area contributed by atoms with Gasteiger partial charge in [-0.25, -0.2) is 4.98 Å². The van der Waals surface area contributed by atoms with Crippen molar-refractivity contribution in [1.29, 1.82) is 0 Å². The fourth-order valence-corrected chi connectivity index (χ4v) is 3.76. The van der Waals surface area contributed by atoms with Crippen LogP contribution in [0.5, 0.6) is 0 Å². The van der Waals surface area contributed by atoms with E-state index in [0.717, 1.165) is 36.3 Å². The van der Waals surface area contributed by atoms with Crippen LogP contribution in [-0.4, -0.2) is 27.5 Å². The van der Waals surface area contributed by atoms with Crippen LogP contribution in [-0.2, 0) is 13.0 Å². The van der Waals surface area contributed by atoms with Crippen LogP contribution >= 0.6 is 0 Å². The largest absolute Gasteiger partial charge is 0.306 e. The van der Waals surface area contributed by atoms with Gasteiger partial charge in [0.1, 0.15) is 5.82 Å². The molecule has 4 nitrogen and oxygen atoms in total. The molecule has 2 heterocycles. The second-order valence-electron chi connectivity index (χ2n) is 6.36. The highest BCUT2D eigenvalue weighted by molar-refractivity contribution is 5.54. The minimum atomic E-state index is 0.0338. The lowest BCUT2D eigenvalue weighted by Gasteiger charge is -2.32. The Kier molecular flexibility index (Phi) is 3.54. The van der Waals surface area contributed by atoms with Gasteiger partial charge < -0.3 is 4.98 Å². The first-order valence-electron chi connectivity index (χ1n) is 8.23. The fraction of sp³-hybridized carbons (Fsp3) is 0.444. The number of hydrogen-bond donors (Lipinski definition) is 1. The molecule has 1 aromatic carbocycles. The van der Waals surface area contributed by atoms with Crippen molar-refractivity contribution >= 4 is 0 Å². The van der Waals surface area contributed by atoms with E-state index in [1.54, 1.807) is 0 Å². The van der Waals surface area contributed by atoms with Gasteiger partial charge in [-0.05, 0) is 12.8 Å². The molecule has 1 N–H and O–H groups in total. The van der Waals surface area contributed by atoms with E-state index in [-0.39, 0.29) is 5.56 Å². The van der Waals surface area contributed by atoms with E-state index in [1.165, 1.54) is 25.7 Å². The first-order chi connectivity index (χ1) is 10.8. The van der Waals surface area contributed by atoms with Crippen LogP contribution in [0, 0.1) is 0 Å². The Bertz CT molecular complexity index is 717. The third kappa shape index (κ3) is 2.48. The fourth-order valence-electron chi connectivity index (χ4n) is 3.76. The molecule has 114 valence electrons. The zero-order valence-corrected chi connectivity index (χ0v) is 12.7. The van der Waals surface area contributed by atoms with Crippen LogP contribution < -0.4 is 5.56 Å². The number of H-pyrrole nitrogens is 1. The molecule has 0 saturated heterocycles. The van der Waals surface area contributed by atoms with E-state index in [2.05, 4.69) is 9.88 Å².